The number of furan rings is 2. The molecule has 0 aliphatic heterocycles. The number of rotatable bonds is 8. The Morgan fingerprint density at radius 2 is 0.754 bits per heavy atom. The topological polar surface area (TPSA) is 32.8 Å². The van der Waals surface area contributed by atoms with E-state index in [2.05, 4.69) is 240 Å². The molecular formula is C64H40N2O2S. The second-order valence-corrected chi connectivity index (χ2v) is 18.6. The number of benzene rings is 11. The van der Waals surface area contributed by atoms with Gasteiger partial charge in [-0.1, -0.05) is 188 Å². The molecule has 0 N–H and O–H groups in total. The predicted molar refractivity (Wildman–Crippen MR) is 292 cm³/mol. The first-order chi connectivity index (χ1) is 34.2. The average molecular weight is 901 g/mol. The van der Waals surface area contributed by atoms with E-state index in [1.807, 2.05) is 23.5 Å². The van der Waals surface area contributed by atoms with Gasteiger partial charge in [0.15, 0.2) is 11.2 Å². The van der Waals surface area contributed by atoms with E-state index in [1.165, 1.54) is 25.6 Å². The molecule has 3 aromatic heterocycles. The zero-order valence-electron chi connectivity index (χ0n) is 37.2. The lowest BCUT2D eigenvalue weighted by Crippen LogP contribution is -2.12. The first-order valence-corrected chi connectivity index (χ1v) is 24.1. The minimum absolute atomic E-state index is 0.849. The number of para-hydroxylation sites is 6. The average Bonchev–Trinajstić information content (AvgIpc) is 4.12. The molecule has 11 aromatic carbocycles. The summed E-state index contributed by atoms with van der Waals surface area (Å²) < 4.78 is 16.0. The molecular weight excluding hydrogens is 861 g/mol. The van der Waals surface area contributed by atoms with E-state index in [4.69, 9.17) is 8.83 Å². The third-order valence-electron chi connectivity index (χ3n) is 13.6. The number of nitrogens with zero attached hydrogens (tertiary/aromatic N) is 2. The smallest absolute Gasteiger partial charge is 0.159 e. The normalized spacial score (nSPS) is 11.8. The standard InChI is InChI=1S/C64H40N2O2S/c1-3-19-41(20-4-1)44-23-9-13-31-53(44)65(55-33-17-29-50-47-26-11-15-35-58(47)67-63(50)55)43-37-38-52-60(39-43)69-61-40-57(46-25-7-8-28-49(46)62(52)61)66(54-32-14-10-24-45(54)42-21-5-2-6-22-42)56-34-18-30-51-48-27-12-16-36-59(48)68-64(51)56/h1-40H. The Labute approximate surface area is 401 Å². The van der Waals surface area contributed by atoms with Crippen LogP contribution < -0.4 is 9.80 Å². The molecule has 5 heteroatoms. The Hall–Kier alpha value is -8.90. The molecule has 0 radical (unpaired) electrons. The maximum atomic E-state index is 6.84. The van der Waals surface area contributed by atoms with Crippen molar-refractivity contribution in [2.75, 3.05) is 9.80 Å². The zero-order chi connectivity index (χ0) is 45.4. The molecule has 14 aromatic rings. The SMILES string of the molecule is c1ccc(-c2ccccc2N(c2ccc3c(c2)sc2cc(N(c4ccccc4-c4ccccc4)c4cccc5c4oc4ccccc45)c4ccccc4c23)c2cccc3c2oc2ccccc23)cc1. The Morgan fingerprint density at radius 1 is 0.290 bits per heavy atom. The maximum absolute atomic E-state index is 6.84. The van der Waals surface area contributed by atoms with Crippen LogP contribution in [0, 0.1) is 0 Å². The molecule has 324 valence electrons. The summed E-state index contributed by atoms with van der Waals surface area (Å²) in [5.41, 5.74) is 14.2. The Balaban J connectivity index is 1.02. The van der Waals surface area contributed by atoms with E-state index in [9.17, 15) is 0 Å². The number of thiophene rings is 1. The van der Waals surface area contributed by atoms with Crippen LogP contribution in [0.1, 0.15) is 0 Å². The minimum atomic E-state index is 0.849. The van der Waals surface area contributed by atoms with E-state index < -0.39 is 0 Å². The van der Waals surface area contributed by atoms with Crippen LogP contribution in [0.4, 0.5) is 34.1 Å². The maximum Gasteiger partial charge on any atom is 0.159 e. The summed E-state index contributed by atoms with van der Waals surface area (Å²) in [6.45, 7) is 0. The minimum Gasteiger partial charge on any atom is -0.454 e. The van der Waals surface area contributed by atoms with Gasteiger partial charge in [0.2, 0.25) is 0 Å². The lowest BCUT2D eigenvalue weighted by molar-refractivity contribution is 0.669. The van der Waals surface area contributed by atoms with Gasteiger partial charge in [0.25, 0.3) is 0 Å². The van der Waals surface area contributed by atoms with Crippen LogP contribution in [0.15, 0.2) is 251 Å². The van der Waals surface area contributed by atoms with Gasteiger partial charge in [-0.15, -0.1) is 11.3 Å². The fourth-order valence-electron chi connectivity index (χ4n) is 10.6. The zero-order valence-corrected chi connectivity index (χ0v) is 38.0. The van der Waals surface area contributed by atoms with E-state index in [1.54, 1.807) is 0 Å². The van der Waals surface area contributed by atoms with Crippen molar-refractivity contribution >= 4 is 120 Å². The van der Waals surface area contributed by atoms with Gasteiger partial charge in [-0.25, -0.2) is 0 Å². The lowest BCUT2D eigenvalue weighted by atomic mass is 9.98. The largest absolute Gasteiger partial charge is 0.454 e. The van der Waals surface area contributed by atoms with Gasteiger partial charge in [0.05, 0.1) is 28.4 Å². The monoisotopic (exact) mass is 900 g/mol. The van der Waals surface area contributed by atoms with Crippen LogP contribution in [0.5, 0.6) is 0 Å². The molecule has 0 saturated heterocycles. The van der Waals surface area contributed by atoms with Crippen molar-refractivity contribution in [2.24, 2.45) is 0 Å². The van der Waals surface area contributed by atoms with E-state index in [0.29, 0.717) is 0 Å². The van der Waals surface area contributed by atoms with E-state index >= 15 is 0 Å². The van der Waals surface area contributed by atoms with Crippen LogP contribution in [0.2, 0.25) is 0 Å². The van der Waals surface area contributed by atoms with Crippen molar-refractivity contribution < 1.29 is 8.83 Å². The van der Waals surface area contributed by atoms with Crippen molar-refractivity contribution in [3.8, 4) is 22.3 Å². The van der Waals surface area contributed by atoms with Crippen molar-refractivity contribution in [1.82, 2.24) is 0 Å². The van der Waals surface area contributed by atoms with Crippen molar-refractivity contribution in [2.45, 2.75) is 0 Å². The molecule has 3 heterocycles. The van der Waals surface area contributed by atoms with E-state index in [0.717, 1.165) is 106 Å². The third kappa shape index (κ3) is 6.28. The predicted octanol–water partition coefficient (Wildman–Crippen LogP) is 19.3. The van der Waals surface area contributed by atoms with Gasteiger partial charge in [-0.2, -0.15) is 0 Å². The highest BCUT2D eigenvalue weighted by atomic mass is 32.1. The Kier molecular flexibility index (Phi) is 9.04. The molecule has 14 rings (SSSR count). The molecule has 69 heavy (non-hydrogen) atoms. The highest BCUT2D eigenvalue weighted by Gasteiger charge is 2.27. The van der Waals surface area contributed by atoms with Crippen molar-refractivity contribution in [3.05, 3.63) is 243 Å². The second-order valence-electron chi connectivity index (χ2n) is 17.5. The molecule has 0 fully saturated rings. The molecule has 0 amide bonds. The van der Waals surface area contributed by atoms with Gasteiger partial charge in [-0.05, 0) is 71.1 Å². The van der Waals surface area contributed by atoms with Gasteiger partial charge < -0.3 is 18.6 Å². The molecule has 4 nitrogen and oxygen atoms in total. The van der Waals surface area contributed by atoms with Gasteiger partial charge in [-0.3, -0.25) is 0 Å². The Bertz CT molecular complexity index is 4280. The summed E-state index contributed by atoms with van der Waals surface area (Å²) in [5.74, 6) is 0. The molecule has 0 aliphatic carbocycles. The number of anilines is 6. The first-order valence-electron chi connectivity index (χ1n) is 23.3. The summed E-state index contributed by atoms with van der Waals surface area (Å²) in [6.07, 6.45) is 0. The van der Waals surface area contributed by atoms with Crippen LogP contribution in [-0.2, 0) is 0 Å². The molecule has 0 atom stereocenters. The quantitative estimate of drug-likeness (QED) is 0.152. The fraction of sp³-hybridized carbons (Fsp3) is 0. The number of hydrogen-bond acceptors (Lipinski definition) is 5. The summed E-state index contributed by atoms with van der Waals surface area (Å²) >= 11 is 1.84. The van der Waals surface area contributed by atoms with Gasteiger partial charge in [0.1, 0.15) is 11.2 Å². The lowest BCUT2D eigenvalue weighted by Gasteiger charge is -2.29. The molecule has 0 unspecified atom stereocenters. The summed E-state index contributed by atoms with van der Waals surface area (Å²) in [7, 11) is 0. The highest BCUT2D eigenvalue weighted by molar-refractivity contribution is 7.26. The number of fused-ring (bicyclic) bond motifs is 11. The second kappa shape index (κ2) is 15.9. The van der Waals surface area contributed by atoms with Crippen LogP contribution in [-0.4, -0.2) is 0 Å². The highest BCUT2D eigenvalue weighted by Crippen LogP contribution is 2.52. The summed E-state index contributed by atoms with van der Waals surface area (Å²) in [4.78, 5) is 4.82. The molecule has 0 bridgehead atoms. The summed E-state index contributed by atoms with van der Waals surface area (Å²) in [6, 6.07) is 86.8. The number of hydrogen-bond donors (Lipinski definition) is 0. The van der Waals surface area contributed by atoms with Gasteiger partial charge >= 0.3 is 0 Å². The molecule has 0 spiro atoms. The molecule has 0 saturated carbocycles. The van der Waals surface area contributed by atoms with Crippen molar-refractivity contribution in [3.63, 3.8) is 0 Å². The van der Waals surface area contributed by atoms with Crippen LogP contribution >= 0.6 is 11.3 Å². The Morgan fingerprint density at radius 3 is 1.36 bits per heavy atom. The summed E-state index contributed by atoms with van der Waals surface area (Å²) in [5, 5.41) is 9.19. The molecule has 0 aliphatic rings. The first kappa shape index (κ1) is 39.3. The fourth-order valence-corrected chi connectivity index (χ4v) is 11.8. The van der Waals surface area contributed by atoms with Crippen molar-refractivity contribution in [1.29, 1.82) is 0 Å². The van der Waals surface area contributed by atoms with Crippen LogP contribution in [0.3, 0.4) is 0 Å². The van der Waals surface area contributed by atoms with E-state index in [-0.39, 0.29) is 0 Å². The van der Waals surface area contributed by atoms with Crippen LogP contribution in [0.25, 0.3) is 97.1 Å². The third-order valence-corrected chi connectivity index (χ3v) is 14.7. The van der Waals surface area contributed by atoms with Gasteiger partial charge in [0, 0.05) is 63.9 Å².